The van der Waals surface area contributed by atoms with Crippen molar-refractivity contribution in [3.63, 3.8) is 0 Å². The summed E-state index contributed by atoms with van der Waals surface area (Å²) < 4.78 is 11.4. The zero-order chi connectivity index (χ0) is 15.9. The molecule has 3 aromatic carbocycles. The van der Waals surface area contributed by atoms with Crippen LogP contribution in [-0.2, 0) is 6.42 Å². The lowest BCUT2D eigenvalue weighted by Gasteiger charge is -2.09. The molecule has 3 rings (SSSR count). The molecule has 0 aliphatic heterocycles. The highest BCUT2D eigenvalue weighted by molar-refractivity contribution is 5.83. The Labute approximate surface area is 136 Å². The molecule has 0 bridgehead atoms. The van der Waals surface area contributed by atoms with E-state index < -0.39 is 0 Å². The highest BCUT2D eigenvalue weighted by Gasteiger charge is 1.99. The van der Waals surface area contributed by atoms with E-state index in [1.165, 1.54) is 16.3 Å². The SMILES string of the molecule is NCCc1ccc(OCCOc2ccc3ccccc3c2)cc1. The minimum absolute atomic E-state index is 0.517. The van der Waals surface area contributed by atoms with E-state index in [1.807, 2.05) is 42.5 Å². The van der Waals surface area contributed by atoms with E-state index in [1.54, 1.807) is 0 Å². The van der Waals surface area contributed by atoms with Gasteiger partial charge in [0.25, 0.3) is 0 Å². The summed E-state index contributed by atoms with van der Waals surface area (Å²) in [6.45, 7) is 1.70. The van der Waals surface area contributed by atoms with Crippen LogP contribution in [0.4, 0.5) is 0 Å². The number of fused-ring (bicyclic) bond motifs is 1. The molecule has 0 spiro atoms. The summed E-state index contributed by atoms with van der Waals surface area (Å²) in [5, 5.41) is 2.40. The quantitative estimate of drug-likeness (QED) is 0.675. The Hall–Kier alpha value is -2.52. The lowest BCUT2D eigenvalue weighted by atomic mass is 10.1. The zero-order valence-corrected chi connectivity index (χ0v) is 13.1. The molecule has 23 heavy (non-hydrogen) atoms. The first kappa shape index (κ1) is 15.4. The summed E-state index contributed by atoms with van der Waals surface area (Å²) in [6, 6.07) is 22.4. The van der Waals surface area contributed by atoms with Crippen molar-refractivity contribution in [2.24, 2.45) is 5.73 Å². The standard InChI is InChI=1S/C20H21NO2/c21-12-11-16-5-8-19(9-6-16)22-13-14-23-20-10-7-17-3-1-2-4-18(17)15-20/h1-10,15H,11-14,21H2. The maximum absolute atomic E-state index is 5.76. The fraction of sp³-hybridized carbons (Fsp3) is 0.200. The Kier molecular flexibility index (Phi) is 5.12. The fourth-order valence-corrected chi connectivity index (χ4v) is 2.50. The first-order valence-corrected chi connectivity index (χ1v) is 7.88. The molecule has 0 unspecified atom stereocenters. The van der Waals surface area contributed by atoms with Gasteiger partial charge in [-0.2, -0.15) is 0 Å². The minimum Gasteiger partial charge on any atom is -0.490 e. The predicted octanol–water partition coefficient (Wildman–Crippen LogP) is 3.80. The van der Waals surface area contributed by atoms with Gasteiger partial charge in [-0.05, 0) is 53.6 Å². The third-order valence-corrected chi connectivity index (χ3v) is 3.70. The molecule has 3 heteroatoms. The van der Waals surface area contributed by atoms with E-state index in [-0.39, 0.29) is 0 Å². The van der Waals surface area contributed by atoms with E-state index in [0.29, 0.717) is 19.8 Å². The van der Waals surface area contributed by atoms with Gasteiger partial charge >= 0.3 is 0 Å². The average Bonchev–Trinajstić information content (AvgIpc) is 2.60. The summed E-state index contributed by atoms with van der Waals surface area (Å²) in [4.78, 5) is 0. The van der Waals surface area contributed by atoms with Gasteiger partial charge < -0.3 is 15.2 Å². The minimum atomic E-state index is 0.517. The van der Waals surface area contributed by atoms with Gasteiger partial charge in [0.05, 0.1) is 0 Å². The van der Waals surface area contributed by atoms with Crippen LogP contribution in [0, 0.1) is 0 Å². The van der Waals surface area contributed by atoms with Crippen LogP contribution in [0.2, 0.25) is 0 Å². The van der Waals surface area contributed by atoms with Gasteiger partial charge in [0.1, 0.15) is 24.7 Å². The molecule has 0 saturated heterocycles. The Morgan fingerprint density at radius 3 is 2.09 bits per heavy atom. The van der Waals surface area contributed by atoms with Crippen LogP contribution in [-0.4, -0.2) is 19.8 Å². The van der Waals surface area contributed by atoms with Crippen molar-refractivity contribution in [1.82, 2.24) is 0 Å². The lowest BCUT2D eigenvalue weighted by molar-refractivity contribution is 0.217. The summed E-state index contributed by atoms with van der Waals surface area (Å²) in [5.74, 6) is 1.72. The molecule has 118 valence electrons. The number of nitrogens with two attached hydrogens (primary N) is 1. The molecule has 0 fully saturated rings. The topological polar surface area (TPSA) is 44.5 Å². The molecule has 0 aromatic heterocycles. The first-order chi connectivity index (χ1) is 11.3. The van der Waals surface area contributed by atoms with Gasteiger partial charge in [-0.3, -0.25) is 0 Å². The fourth-order valence-electron chi connectivity index (χ4n) is 2.50. The van der Waals surface area contributed by atoms with Gasteiger partial charge in [0.15, 0.2) is 0 Å². The number of ether oxygens (including phenoxy) is 2. The van der Waals surface area contributed by atoms with Crippen LogP contribution in [0.3, 0.4) is 0 Å². The van der Waals surface area contributed by atoms with Crippen molar-refractivity contribution in [2.45, 2.75) is 6.42 Å². The molecular formula is C20H21NO2. The van der Waals surface area contributed by atoms with Crippen molar-refractivity contribution in [1.29, 1.82) is 0 Å². The second kappa shape index (κ2) is 7.65. The number of hydrogen-bond acceptors (Lipinski definition) is 3. The maximum atomic E-state index is 5.76. The van der Waals surface area contributed by atoms with Crippen LogP contribution in [0.25, 0.3) is 10.8 Å². The maximum Gasteiger partial charge on any atom is 0.122 e. The van der Waals surface area contributed by atoms with Gasteiger partial charge in [0, 0.05) is 0 Å². The summed E-state index contributed by atoms with van der Waals surface area (Å²) in [6.07, 6.45) is 0.894. The molecule has 0 atom stereocenters. The van der Waals surface area contributed by atoms with E-state index in [0.717, 1.165) is 17.9 Å². The molecule has 3 nitrogen and oxygen atoms in total. The monoisotopic (exact) mass is 307 g/mol. The van der Waals surface area contributed by atoms with E-state index >= 15 is 0 Å². The first-order valence-electron chi connectivity index (χ1n) is 7.88. The Morgan fingerprint density at radius 1 is 0.696 bits per heavy atom. The molecular weight excluding hydrogens is 286 g/mol. The van der Waals surface area contributed by atoms with Crippen molar-refractivity contribution in [2.75, 3.05) is 19.8 Å². The zero-order valence-electron chi connectivity index (χ0n) is 13.1. The Bertz CT molecular complexity index is 753. The average molecular weight is 307 g/mol. The lowest BCUT2D eigenvalue weighted by Crippen LogP contribution is -2.09. The van der Waals surface area contributed by atoms with Crippen molar-refractivity contribution in [3.8, 4) is 11.5 Å². The van der Waals surface area contributed by atoms with Gasteiger partial charge in [-0.15, -0.1) is 0 Å². The number of hydrogen-bond donors (Lipinski definition) is 1. The van der Waals surface area contributed by atoms with Crippen molar-refractivity contribution in [3.05, 3.63) is 72.3 Å². The summed E-state index contributed by atoms with van der Waals surface area (Å²) in [7, 11) is 0. The normalized spacial score (nSPS) is 10.7. The van der Waals surface area contributed by atoms with Crippen molar-refractivity contribution >= 4 is 10.8 Å². The molecule has 0 saturated carbocycles. The molecule has 3 aromatic rings. The van der Waals surface area contributed by atoms with Gasteiger partial charge in [-0.1, -0.05) is 42.5 Å². The molecule has 0 aliphatic rings. The predicted molar refractivity (Wildman–Crippen MR) is 94.1 cm³/mol. The smallest absolute Gasteiger partial charge is 0.122 e. The molecule has 2 N–H and O–H groups in total. The molecule has 0 amide bonds. The second-order valence-corrected chi connectivity index (χ2v) is 5.39. The molecule has 0 radical (unpaired) electrons. The number of benzene rings is 3. The second-order valence-electron chi connectivity index (χ2n) is 5.39. The highest BCUT2D eigenvalue weighted by Crippen LogP contribution is 2.20. The van der Waals surface area contributed by atoms with Crippen LogP contribution >= 0.6 is 0 Å². The highest BCUT2D eigenvalue weighted by atomic mass is 16.5. The van der Waals surface area contributed by atoms with Crippen LogP contribution in [0.1, 0.15) is 5.56 Å². The van der Waals surface area contributed by atoms with E-state index in [2.05, 4.69) is 24.3 Å². The van der Waals surface area contributed by atoms with Crippen LogP contribution in [0.15, 0.2) is 66.7 Å². The Balaban J connectivity index is 1.48. The van der Waals surface area contributed by atoms with Gasteiger partial charge in [-0.25, -0.2) is 0 Å². The van der Waals surface area contributed by atoms with Gasteiger partial charge in [0.2, 0.25) is 0 Å². The summed E-state index contributed by atoms with van der Waals surface area (Å²) in [5.41, 5.74) is 6.77. The van der Waals surface area contributed by atoms with Crippen molar-refractivity contribution < 1.29 is 9.47 Å². The largest absolute Gasteiger partial charge is 0.490 e. The van der Waals surface area contributed by atoms with Crippen LogP contribution < -0.4 is 15.2 Å². The third kappa shape index (κ3) is 4.24. The van der Waals surface area contributed by atoms with E-state index in [4.69, 9.17) is 15.2 Å². The molecule has 0 heterocycles. The van der Waals surface area contributed by atoms with E-state index in [9.17, 15) is 0 Å². The molecule has 0 aliphatic carbocycles. The summed E-state index contributed by atoms with van der Waals surface area (Å²) >= 11 is 0. The third-order valence-electron chi connectivity index (χ3n) is 3.70. The number of rotatable bonds is 7. The van der Waals surface area contributed by atoms with Crippen LogP contribution in [0.5, 0.6) is 11.5 Å². The Morgan fingerprint density at radius 2 is 1.35 bits per heavy atom.